The van der Waals surface area contributed by atoms with Crippen LogP contribution in [0.25, 0.3) is 11.1 Å². The number of rotatable bonds is 5. The SMILES string of the molecule is OCC[n+]1ccc(-c2cc[n+](CCO)cc2)cc1.[I-].[I-]. The molecule has 2 aromatic heterocycles. The fraction of sp³-hybridized carbons (Fsp3) is 0.286. The highest BCUT2D eigenvalue weighted by Gasteiger charge is 2.04. The number of halogens is 2. The first-order valence-electron chi connectivity index (χ1n) is 6.04. The van der Waals surface area contributed by atoms with Crippen LogP contribution in [0.4, 0.5) is 0 Å². The minimum atomic E-state index is 0. The van der Waals surface area contributed by atoms with Gasteiger partial charge in [0, 0.05) is 24.3 Å². The molecular formula is C14H18I2N2O2. The van der Waals surface area contributed by atoms with E-state index in [1.165, 1.54) is 0 Å². The maximum Gasteiger partial charge on any atom is 0.171 e. The summed E-state index contributed by atoms with van der Waals surface area (Å²) in [6.45, 7) is 1.53. The van der Waals surface area contributed by atoms with Crippen LogP contribution in [0.1, 0.15) is 0 Å². The van der Waals surface area contributed by atoms with E-state index in [1.807, 2.05) is 58.2 Å². The summed E-state index contributed by atoms with van der Waals surface area (Å²) in [6, 6.07) is 8.12. The Bertz CT molecular complexity index is 442. The molecule has 4 nitrogen and oxygen atoms in total. The maximum absolute atomic E-state index is 8.84. The van der Waals surface area contributed by atoms with Gasteiger partial charge in [-0.1, -0.05) is 0 Å². The van der Waals surface area contributed by atoms with E-state index in [2.05, 4.69) is 0 Å². The number of aliphatic hydroxyl groups excluding tert-OH is 2. The Labute approximate surface area is 153 Å². The average molecular weight is 500 g/mol. The number of hydrogen-bond donors (Lipinski definition) is 2. The lowest BCUT2D eigenvalue weighted by atomic mass is 10.1. The van der Waals surface area contributed by atoms with Crippen LogP contribution >= 0.6 is 0 Å². The van der Waals surface area contributed by atoms with Crippen LogP contribution < -0.4 is 57.1 Å². The van der Waals surface area contributed by atoms with Gasteiger partial charge in [0.15, 0.2) is 37.9 Å². The van der Waals surface area contributed by atoms with Gasteiger partial charge in [-0.25, -0.2) is 9.13 Å². The molecule has 2 rings (SSSR count). The molecule has 20 heavy (non-hydrogen) atoms. The van der Waals surface area contributed by atoms with Gasteiger partial charge in [-0.2, -0.15) is 0 Å². The molecule has 0 saturated carbocycles. The van der Waals surface area contributed by atoms with Gasteiger partial charge >= 0.3 is 0 Å². The molecule has 0 aliphatic rings. The van der Waals surface area contributed by atoms with Crippen LogP contribution in [-0.2, 0) is 13.1 Å². The van der Waals surface area contributed by atoms with Crippen molar-refractivity contribution in [1.82, 2.24) is 0 Å². The monoisotopic (exact) mass is 500 g/mol. The second-order valence-corrected chi connectivity index (χ2v) is 4.10. The standard InChI is InChI=1S/C14H18N2O2.2HI/c17-11-9-15-5-1-13(2-6-15)14-3-7-16(8-4-14)10-12-18;;/h1-8,17-18H,9-12H2;2*1H/q+2;;/p-2. The Balaban J connectivity index is 0.00000180. The van der Waals surface area contributed by atoms with Gasteiger partial charge in [-0.15, -0.1) is 0 Å². The van der Waals surface area contributed by atoms with Crippen molar-refractivity contribution in [3.8, 4) is 11.1 Å². The quantitative estimate of drug-likeness (QED) is 0.318. The molecule has 0 fully saturated rings. The molecule has 0 aromatic carbocycles. The predicted octanol–water partition coefficient (Wildman–Crippen LogP) is -6.08. The van der Waals surface area contributed by atoms with Crippen LogP contribution in [-0.4, -0.2) is 23.4 Å². The lowest BCUT2D eigenvalue weighted by Crippen LogP contribution is -3.00. The highest BCUT2D eigenvalue weighted by molar-refractivity contribution is 5.60. The zero-order valence-electron chi connectivity index (χ0n) is 11.0. The van der Waals surface area contributed by atoms with Crippen molar-refractivity contribution in [3.05, 3.63) is 49.1 Å². The summed E-state index contributed by atoms with van der Waals surface area (Å²) in [4.78, 5) is 0. The van der Waals surface area contributed by atoms with Gasteiger partial charge in [0.05, 0.1) is 0 Å². The zero-order valence-corrected chi connectivity index (χ0v) is 15.3. The van der Waals surface area contributed by atoms with Crippen LogP contribution in [0.15, 0.2) is 49.1 Å². The van der Waals surface area contributed by atoms with Crippen molar-refractivity contribution in [3.63, 3.8) is 0 Å². The van der Waals surface area contributed by atoms with Crippen LogP contribution in [0.2, 0.25) is 0 Å². The second-order valence-electron chi connectivity index (χ2n) is 4.10. The van der Waals surface area contributed by atoms with Gasteiger partial charge in [0.25, 0.3) is 0 Å². The third-order valence-corrected chi connectivity index (χ3v) is 2.83. The molecule has 2 N–H and O–H groups in total. The van der Waals surface area contributed by atoms with Gasteiger partial charge < -0.3 is 58.2 Å². The van der Waals surface area contributed by atoms with Gasteiger partial charge in [-0.3, -0.25) is 0 Å². The lowest BCUT2D eigenvalue weighted by Gasteiger charge is -2.00. The molecule has 0 aliphatic heterocycles. The summed E-state index contributed by atoms with van der Waals surface area (Å²) in [7, 11) is 0. The van der Waals surface area contributed by atoms with Crippen molar-refractivity contribution in [2.45, 2.75) is 13.1 Å². The first-order valence-corrected chi connectivity index (χ1v) is 6.04. The van der Waals surface area contributed by atoms with Crippen molar-refractivity contribution in [2.24, 2.45) is 0 Å². The maximum atomic E-state index is 8.84. The Morgan fingerprint density at radius 1 is 0.650 bits per heavy atom. The van der Waals surface area contributed by atoms with E-state index < -0.39 is 0 Å². The first kappa shape index (κ1) is 19.7. The number of pyridine rings is 2. The van der Waals surface area contributed by atoms with E-state index in [9.17, 15) is 0 Å². The van der Waals surface area contributed by atoms with E-state index in [4.69, 9.17) is 10.2 Å². The molecule has 0 spiro atoms. The van der Waals surface area contributed by atoms with E-state index >= 15 is 0 Å². The van der Waals surface area contributed by atoms with E-state index in [0.29, 0.717) is 13.1 Å². The molecule has 0 radical (unpaired) electrons. The molecule has 2 heterocycles. The van der Waals surface area contributed by atoms with Gasteiger partial charge in [0.2, 0.25) is 0 Å². The number of aliphatic hydroxyl groups is 2. The Hall–Kier alpha value is -0.320. The van der Waals surface area contributed by atoms with E-state index in [1.54, 1.807) is 0 Å². The molecule has 0 saturated heterocycles. The fourth-order valence-corrected chi connectivity index (χ4v) is 1.83. The third kappa shape index (κ3) is 5.58. The van der Waals surface area contributed by atoms with E-state index in [0.717, 1.165) is 11.1 Å². The number of hydrogen-bond acceptors (Lipinski definition) is 2. The van der Waals surface area contributed by atoms with Crippen molar-refractivity contribution in [2.75, 3.05) is 13.2 Å². The summed E-state index contributed by atoms with van der Waals surface area (Å²) in [5.41, 5.74) is 2.28. The normalized spacial score (nSPS) is 9.50. The minimum Gasteiger partial charge on any atom is -1.00 e. The largest absolute Gasteiger partial charge is 1.00 e. The summed E-state index contributed by atoms with van der Waals surface area (Å²) in [6.07, 6.45) is 7.83. The van der Waals surface area contributed by atoms with E-state index in [-0.39, 0.29) is 61.2 Å². The first-order chi connectivity index (χ1) is 8.83. The average Bonchev–Trinajstić information content (AvgIpc) is 2.41. The molecule has 110 valence electrons. The molecule has 0 unspecified atom stereocenters. The zero-order chi connectivity index (χ0) is 12.8. The van der Waals surface area contributed by atoms with Crippen molar-refractivity contribution < 1.29 is 67.3 Å². The smallest absolute Gasteiger partial charge is 0.171 e. The van der Waals surface area contributed by atoms with Gasteiger partial charge in [-0.05, 0) is 11.1 Å². The molecule has 0 amide bonds. The van der Waals surface area contributed by atoms with Crippen LogP contribution in [0.3, 0.4) is 0 Å². The summed E-state index contributed by atoms with van der Waals surface area (Å²) < 4.78 is 3.89. The number of aromatic nitrogens is 2. The highest BCUT2D eigenvalue weighted by atomic mass is 127. The Morgan fingerprint density at radius 2 is 0.950 bits per heavy atom. The molecule has 0 atom stereocenters. The lowest BCUT2D eigenvalue weighted by molar-refractivity contribution is -0.698. The predicted molar refractivity (Wildman–Crippen MR) is 66.4 cm³/mol. The summed E-state index contributed by atoms with van der Waals surface area (Å²) in [5, 5.41) is 17.7. The van der Waals surface area contributed by atoms with Gasteiger partial charge in [0.1, 0.15) is 13.2 Å². The summed E-state index contributed by atoms with van der Waals surface area (Å²) in [5.74, 6) is 0. The fourth-order valence-electron chi connectivity index (χ4n) is 1.83. The number of nitrogens with zero attached hydrogens (tertiary/aromatic N) is 2. The van der Waals surface area contributed by atoms with Crippen molar-refractivity contribution >= 4 is 0 Å². The topological polar surface area (TPSA) is 48.2 Å². The second kappa shape index (κ2) is 10.4. The third-order valence-electron chi connectivity index (χ3n) is 2.83. The Morgan fingerprint density at radius 3 is 1.20 bits per heavy atom. The summed E-state index contributed by atoms with van der Waals surface area (Å²) >= 11 is 0. The van der Waals surface area contributed by atoms with Crippen LogP contribution in [0, 0.1) is 0 Å². The molecule has 2 aromatic rings. The van der Waals surface area contributed by atoms with Crippen molar-refractivity contribution in [1.29, 1.82) is 0 Å². The van der Waals surface area contributed by atoms with Crippen LogP contribution in [0.5, 0.6) is 0 Å². The molecular weight excluding hydrogens is 482 g/mol. The highest BCUT2D eigenvalue weighted by Crippen LogP contribution is 2.15. The minimum absolute atomic E-state index is 0. The molecule has 6 heteroatoms. The molecule has 0 bridgehead atoms. The Kier molecular flexibility index (Phi) is 10.2. The molecule has 0 aliphatic carbocycles.